The zero-order valence-corrected chi connectivity index (χ0v) is 16.8. The van der Waals surface area contributed by atoms with Gasteiger partial charge in [0, 0.05) is 12.3 Å². The quantitative estimate of drug-likeness (QED) is 0.592. The Morgan fingerprint density at radius 1 is 1.31 bits per heavy atom. The zero-order valence-electron chi connectivity index (χ0n) is 16.0. The summed E-state index contributed by atoms with van der Waals surface area (Å²) in [7, 11) is -2.93. The Bertz CT molecular complexity index is 732. The van der Waals surface area contributed by atoms with Crippen LogP contribution in [0.15, 0.2) is 12.2 Å². The molecule has 4 fully saturated rings. The van der Waals surface area contributed by atoms with Crippen molar-refractivity contribution in [2.45, 2.75) is 64.0 Å². The molecule has 2 N–H and O–H groups in total. The second-order valence-electron chi connectivity index (χ2n) is 9.84. The van der Waals surface area contributed by atoms with Gasteiger partial charge < -0.3 is 10.1 Å². The summed E-state index contributed by atoms with van der Waals surface area (Å²) in [5, 5.41) is 2.11. The lowest BCUT2D eigenvalue weighted by atomic mass is 9.55. The molecule has 0 radical (unpaired) electrons. The normalized spacial score (nSPS) is 47.3. The summed E-state index contributed by atoms with van der Waals surface area (Å²) in [6, 6.07) is 0. The second-order valence-corrected chi connectivity index (χ2v) is 12.0. The van der Waals surface area contributed by atoms with Crippen LogP contribution in [0.25, 0.3) is 0 Å². The number of carbonyl (C=O) groups excluding carboxylic acids is 1. The SMILES string of the molecule is C=C1CCC[C@]2(C)C[C@H]3OC(=O)[C@@H](C[NH2+][C@]4(C)CCS(=O)(=O)C4)[C@H]3C[C@H]12. The van der Waals surface area contributed by atoms with Crippen LogP contribution in [0.1, 0.15) is 52.4 Å². The molecule has 4 aliphatic rings. The molecule has 146 valence electrons. The standard InChI is InChI=1S/C20H31NO4S/c1-13-5-4-6-19(2)10-17-14(9-16(13)19)15(18(22)25-17)11-21-20(3)7-8-26(23,24)12-20/h14-17,21H,1,4-12H2,2-3H3/p+1/t14-,15+,16-,17-,19-,20-/m1/s1. The van der Waals surface area contributed by atoms with E-state index in [0.29, 0.717) is 18.9 Å². The van der Waals surface area contributed by atoms with Crippen LogP contribution in [0, 0.1) is 23.2 Å². The van der Waals surface area contributed by atoms with Gasteiger partial charge in [-0.25, -0.2) is 8.42 Å². The number of hydrogen-bond acceptors (Lipinski definition) is 4. The molecule has 26 heavy (non-hydrogen) atoms. The molecule has 0 unspecified atom stereocenters. The summed E-state index contributed by atoms with van der Waals surface area (Å²) >= 11 is 0. The summed E-state index contributed by atoms with van der Waals surface area (Å²) in [5.41, 5.74) is 1.28. The Kier molecular flexibility index (Phi) is 4.31. The van der Waals surface area contributed by atoms with Crippen LogP contribution in [0.4, 0.5) is 0 Å². The Hall–Kier alpha value is -0.880. The third-order valence-corrected chi connectivity index (χ3v) is 9.64. The molecule has 2 aliphatic heterocycles. The maximum absolute atomic E-state index is 12.6. The summed E-state index contributed by atoms with van der Waals surface area (Å²) in [6.07, 6.45) is 6.16. The Morgan fingerprint density at radius 2 is 2.08 bits per heavy atom. The Morgan fingerprint density at radius 3 is 2.77 bits per heavy atom. The minimum atomic E-state index is -2.93. The lowest BCUT2D eigenvalue weighted by Gasteiger charge is -2.49. The van der Waals surface area contributed by atoms with Gasteiger partial charge in [0.25, 0.3) is 0 Å². The molecular formula is C20H32NO4S+. The van der Waals surface area contributed by atoms with E-state index in [9.17, 15) is 13.2 Å². The van der Waals surface area contributed by atoms with Crippen LogP contribution in [0.3, 0.4) is 0 Å². The molecule has 0 amide bonds. The minimum Gasteiger partial charge on any atom is -0.462 e. The average Bonchev–Trinajstić information content (AvgIpc) is 2.98. The number of quaternary nitrogens is 1. The van der Waals surface area contributed by atoms with Crippen LogP contribution < -0.4 is 5.32 Å². The molecule has 2 aliphatic carbocycles. The highest BCUT2D eigenvalue weighted by molar-refractivity contribution is 7.91. The average molecular weight is 383 g/mol. The second kappa shape index (κ2) is 6.06. The van der Waals surface area contributed by atoms with Crippen LogP contribution >= 0.6 is 0 Å². The predicted octanol–water partition coefficient (Wildman–Crippen LogP) is 1.44. The monoisotopic (exact) mass is 382 g/mol. The first-order valence-electron chi connectivity index (χ1n) is 10.0. The van der Waals surface area contributed by atoms with Crippen LogP contribution in [-0.2, 0) is 19.4 Å². The molecule has 0 bridgehead atoms. The molecule has 2 saturated heterocycles. The van der Waals surface area contributed by atoms with E-state index in [4.69, 9.17) is 4.74 Å². The van der Waals surface area contributed by atoms with Gasteiger partial charge in [0.2, 0.25) is 0 Å². The van der Waals surface area contributed by atoms with Crippen LogP contribution in [0.2, 0.25) is 0 Å². The number of carbonyl (C=O) groups is 1. The first kappa shape index (κ1) is 18.5. The number of ether oxygens (including phenoxy) is 1. The summed E-state index contributed by atoms with van der Waals surface area (Å²) < 4.78 is 29.5. The molecule has 6 atom stereocenters. The van der Waals surface area contributed by atoms with Crippen molar-refractivity contribution in [1.29, 1.82) is 0 Å². The smallest absolute Gasteiger partial charge is 0.315 e. The molecule has 5 nitrogen and oxygen atoms in total. The molecular weight excluding hydrogens is 350 g/mol. The van der Waals surface area contributed by atoms with Crippen molar-refractivity contribution >= 4 is 15.8 Å². The number of fused-ring (bicyclic) bond motifs is 2. The van der Waals surface area contributed by atoms with Gasteiger partial charge in [0.15, 0.2) is 9.84 Å². The highest BCUT2D eigenvalue weighted by Crippen LogP contribution is 2.56. The first-order chi connectivity index (χ1) is 12.1. The maximum Gasteiger partial charge on any atom is 0.315 e. The molecule has 0 spiro atoms. The first-order valence-corrected chi connectivity index (χ1v) is 11.9. The molecule has 2 saturated carbocycles. The highest BCUT2D eigenvalue weighted by Gasteiger charge is 2.56. The van der Waals surface area contributed by atoms with Gasteiger partial charge in [0.1, 0.15) is 23.3 Å². The van der Waals surface area contributed by atoms with Gasteiger partial charge >= 0.3 is 5.97 Å². The van der Waals surface area contributed by atoms with Crippen molar-refractivity contribution in [3.8, 4) is 0 Å². The van der Waals surface area contributed by atoms with Crippen LogP contribution in [0.5, 0.6) is 0 Å². The number of nitrogens with two attached hydrogens (primary N) is 1. The molecule has 0 aromatic rings. The van der Waals surface area contributed by atoms with Gasteiger partial charge in [-0.05, 0) is 50.4 Å². The largest absolute Gasteiger partial charge is 0.462 e. The van der Waals surface area contributed by atoms with E-state index in [1.165, 1.54) is 18.4 Å². The molecule has 4 rings (SSSR count). The van der Waals surface area contributed by atoms with Gasteiger partial charge in [0.05, 0.1) is 12.3 Å². The van der Waals surface area contributed by atoms with Gasteiger partial charge in [-0.3, -0.25) is 4.79 Å². The minimum absolute atomic E-state index is 0.0353. The predicted molar refractivity (Wildman–Crippen MR) is 99.2 cm³/mol. The van der Waals surface area contributed by atoms with Gasteiger partial charge in [-0.15, -0.1) is 0 Å². The van der Waals surface area contributed by atoms with Crippen LogP contribution in [-0.4, -0.2) is 44.1 Å². The van der Waals surface area contributed by atoms with Crippen molar-refractivity contribution in [3.05, 3.63) is 12.2 Å². The number of hydrogen-bond donors (Lipinski definition) is 1. The summed E-state index contributed by atoms with van der Waals surface area (Å²) in [4.78, 5) is 12.6. The van der Waals surface area contributed by atoms with Crippen molar-refractivity contribution in [1.82, 2.24) is 0 Å². The van der Waals surface area contributed by atoms with Gasteiger partial charge in [-0.1, -0.05) is 19.1 Å². The number of sulfone groups is 1. The topological polar surface area (TPSA) is 77.0 Å². The Balaban J connectivity index is 1.47. The number of allylic oxidation sites excluding steroid dienone is 1. The zero-order chi connectivity index (χ0) is 18.7. The van der Waals surface area contributed by atoms with E-state index >= 15 is 0 Å². The lowest BCUT2D eigenvalue weighted by Crippen LogP contribution is -2.97. The van der Waals surface area contributed by atoms with E-state index < -0.39 is 9.84 Å². The molecule has 0 aromatic heterocycles. The molecule has 0 aromatic carbocycles. The van der Waals surface area contributed by atoms with Crippen molar-refractivity contribution in [2.75, 3.05) is 18.1 Å². The lowest BCUT2D eigenvalue weighted by molar-refractivity contribution is -0.722. The third-order valence-electron chi connectivity index (χ3n) is 7.72. The Labute approximate surface area is 156 Å². The fraction of sp³-hybridized carbons (Fsp3) is 0.850. The van der Waals surface area contributed by atoms with Crippen molar-refractivity contribution in [2.24, 2.45) is 23.2 Å². The van der Waals surface area contributed by atoms with E-state index in [1.807, 2.05) is 6.92 Å². The van der Waals surface area contributed by atoms with E-state index in [0.717, 1.165) is 19.3 Å². The van der Waals surface area contributed by atoms with Gasteiger partial charge in [-0.2, -0.15) is 0 Å². The van der Waals surface area contributed by atoms with Crippen molar-refractivity contribution in [3.63, 3.8) is 0 Å². The maximum atomic E-state index is 12.6. The van der Waals surface area contributed by atoms with E-state index in [-0.39, 0.29) is 46.4 Å². The fourth-order valence-electron chi connectivity index (χ4n) is 6.13. The fourth-order valence-corrected chi connectivity index (χ4v) is 8.32. The molecule has 6 heteroatoms. The van der Waals surface area contributed by atoms with E-state index in [2.05, 4.69) is 18.8 Å². The summed E-state index contributed by atoms with van der Waals surface area (Å²) in [5.74, 6) is 1.05. The summed E-state index contributed by atoms with van der Waals surface area (Å²) in [6.45, 7) is 9.33. The van der Waals surface area contributed by atoms with E-state index in [1.54, 1.807) is 0 Å². The van der Waals surface area contributed by atoms with Crippen molar-refractivity contribution < 1.29 is 23.3 Å². The number of esters is 1. The third kappa shape index (κ3) is 3.13. The molecule has 2 heterocycles. The number of rotatable bonds is 3. The highest BCUT2D eigenvalue weighted by atomic mass is 32.2.